The Morgan fingerprint density at radius 3 is 2.38 bits per heavy atom. The van der Waals surface area contributed by atoms with Crippen LogP contribution in [-0.2, 0) is 0 Å². The van der Waals surface area contributed by atoms with Crippen LogP contribution in [0.3, 0.4) is 0 Å². The van der Waals surface area contributed by atoms with Gasteiger partial charge in [-0.1, -0.05) is 45.2 Å². The molecule has 0 aromatic heterocycles. The van der Waals surface area contributed by atoms with Crippen molar-refractivity contribution < 1.29 is 4.74 Å². The molecule has 112 valence electrons. The quantitative estimate of drug-likeness (QED) is 0.628. The summed E-state index contributed by atoms with van der Waals surface area (Å²) in [5.74, 6) is 0.734. The summed E-state index contributed by atoms with van der Waals surface area (Å²) in [6, 6.07) is 9.35. The van der Waals surface area contributed by atoms with E-state index in [0.29, 0.717) is 10.0 Å². The molecule has 2 nitrogen and oxygen atoms in total. The van der Waals surface area contributed by atoms with Gasteiger partial charge in [-0.15, -0.1) is 0 Å². The number of hydrogen-bond donors (Lipinski definition) is 1. The van der Waals surface area contributed by atoms with Crippen molar-refractivity contribution in [1.82, 2.24) is 5.32 Å². The summed E-state index contributed by atoms with van der Waals surface area (Å²) >= 11 is 19.4. The van der Waals surface area contributed by atoms with Gasteiger partial charge in [-0.3, -0.25) is 0 Å². The smallest absolute Gasteiger partial charge is 0.138 e. The lowest BCUT2D eigenvalue weighted by Gasteiger charge is -2.22. The highest BCUT2D eigenvalue weighted by molar-refractivity contribution is 9.10. The van der Waals surface area contributed by atoms with E-state index < -0.39 is 0 Å². The van der Waals surface area contributed by atoms with Gasteiger partial charge in [0.15, 0.2) is 0 Å². The van der Waals surface area contributed by atoms with Gasteiger partial charge in [0, 0.05) is 20.1 Å². The number of nitrogens with one attached hydrogen (secondary N) is 1. The van der Waals surface area contributed by atoms with Crippen LogP contribution in [-0.4, -0.2) is 14.2 Å². The normalized spacial score (nSPS) is 12.3. The number of benzene rings is 2. The van der Waals surface area contributed by atoms with Crippen LogP contribution in [0.1, 0.15) is 17.2 Å². The van der Waals surface area contributed by atoms with E-state index in [0.717, 1.165) is 25.8 Å². The van der Waals surface area contributed by atoms with Gasteiger partial charge in [0.1, 0.15) is 5.75 Å². The van der Waals surface area contributed by atoms with Crippen LogP contribution < -0.4 is 10.1 Å². The van der Waals surface area contributed by atoms with Crippen LogP contribution in [0.2, 0.25) is 10.0 Å². The first kappa shape index (κ1) is 17.1. The summed E-state index contributed by atoms with van der Waals surface area (Å²) in [7, 11) is 3.50. The summed E-state index contributed by atoms with van der Waals surface area (Å²) in [6.07, 6.45) is 0. The molecule has 2 rings (SSSR count). The minimum atomic E-state index is -0.129. The van der Waals surface area contributed by atoms with E-state index in [-0.39, 0.29) is 6.04 Å². The van der Waals surface area contributed by atoms with E-state index in [1.54, 1.807) is 13.2 Å². The van der Waals surface area contributed by atoms with E-state index in [1.807, 2.05) is 31.3 Å². The SMILES string of the molecule is CNC(c1ccc(Br)cc1Cl)c1cc(Cl)cc(Br)c1OC. The number of halogens is 4. The largest absolute Gasteiger partial charge is 0.495 e. The number of ether oxygens (including phenoxy) is 1. The number of hydrogen-bond acceptors (Lipinski definition) is 2. The second kappa shape index (κ2) is 7.34. The van der Waals surface area contributed by atoms with E-state index in [2.05, 4.69) is 37.2 Å². The topological polar surface area (TPSA) is 21.3 Å². The van der Waals surface area contributed by atoms with Crippen molar-refractivity contribution in [3.05, 3.63) is 60.4 Å². The van der Waals surface area contributed by atoms with E-state index >= 15 is 0 Å². The fraction of sp³-hybridized carbons (Fsp3) is 0.200. The summed E-state index contributed by atoms with van der Waals surface area (Å²) < 4.78 is 7.24. The van der Waals surface area contributed by atoms with E-state index in [4.69, 9.17) is 27.9 Å². The first-order valence-electron chi connectivity index (χ1n) is 6.13. The summed E-state index contributed by atoms with van der Waals surface area (Å²) in [5.41, 5.74) is 1.87. The van der Waals surface area contributed by atoms with Crippen LogP contribution in [0.25, 0.3) is 0 Å². The molecule has 21 heavy (non-hydrogen) atoms. The van der Waals surface area contributed by atoms with Crippen molar-refractivity contribution in [3.63, 3.8) is 0 Å². The second-order valence-electron chi connectivity index (χ2n) is 4.40. The Kier molecular flexibility index (Phi) is 5.97. The van der Waals surface area contributed by atoms with Crippen molar-refractivity contribution in [2.45, 2.75) is 6.04 Å². The molecule has 0 amide bonds. The summed E-state index contributed by atoms with van der Waals surface area (Å²) in [6.45, 7) is 0. The molecule has 0 radical (unpaired) electrons. The molecule has 6 heteroatoms. The van der Waals surface area contributed by atoms with Gasteiger partial charge in [-0.25, -0.2) is 0 Å². The average molecular weight is 454 g/mol. The van der Waals surface area contributed by atoms with Crippen LogP contribution in [0, 0.1) is 0 Å². The maximum absolute atomic E-state index is 6.37. The predicted molar refractivity (Wildman–Crippen MR) is 95.8 cm³/mol. The monoisotopic (exact) mass is 451 g/mol. The van der Waals surface area contributed by atoms with Crippen molar-refractivity contribution in [3.8, 4) is 5.75 Å². The Balaban J connectivity index is 2.61. The Hall–Kier alpha value is -0.260. The molecular formula is C15H13Br2Cl2NO. The highest BCUT2D eigenvalue weighted by atomic mass is 79.9. The van der Waals surface area contributed by atoms with Gasteiger partial charge < -0.3 is 10.1 Å². The molecule has 0 spiro atoms. The first-order valence-corrected chi connectivity index (χ1v) is 8.47. The van der Waals surface area contributed by atoms with Crippen LogP contribution >= 0.6 is 55.1 Å². The molecule has 2 aromatic rings. The number of methoxy groups -OCH3 is 1. The van der Waals surface area contributed by atoms with Gasteiger partial charge >= 0.3 is 0 Å². The van der Waals surface area contributed by atoms with Gasteiger partial charge in [0.05, 0.1) is 17.6 Å². The van der Waals surface area contributed by atoms with E-state index in [1.165, 1.54) is 0 Å². The zero-order valence-corrected chi connectivity index (χ0v) is 16.1. The maximum Gasteiger partial charge on any atom is 0.138 e. The Morgan fingerprint density at radius 2 is 1.81 bits per heavy atom. The summed E-state index contributed by atoms with van der Waals surface area (Å²) in [4.78, 5) is 0. The lowest BCUT2D eigenvalue weighted by molar-refractivity contribution is 0.403. The molecular weight excluding hydrogens is 441 g/mol. The zero-order valence-electron chi connectivity index (χ0n) is 11.4. The van der Waals surface area contributed by atoms with Gasteiger partial charge in [0.25, 0.3) is 0 Å². The van der Waals surface area contributed by atoms with E-state index in [9.17, 15) is 0 Å². The van der Waals surface area contributed by atoms with Crippen molar-refractivity contribution in [2.75, 3.05) is 14.2 Å². The summed E-state index contributed by atoms with van der Waals surface area (Å²) in [5, 5.41) is 4.56. The molecule has 0 saturated carbocycles. The standard InChI is InChI=1S/C15H13Br2Cl2NO/c1-20-14(10-4-3-8(16)5-13(10)19)11-6-9(18)7-12(17)15(11)21-2/h3-7,14,20H,1-2H3. The predicted octanol–water partition coefficient (Wildman–Crippen LogP) is 5.84. The molecule has 0 saturated heterocycles. The Labute approximate surface area is 151 Å². The first-order chi connectivity index (χ1) is 9.97. The van der Waals surface area contributed by atoms with Crippen molar-refractivity contribution in [1.29, 1.82) is 0 Å². The molecule has 1 atom stereocenters. The van der Waals surface area contributed by atoms with Gasteiger partial charge in [0.2, 0.25) is 0 Å². The van der Waals surface area contributed by atoms with Crippen LogP contribution in [0.5, 0.6) is 5.75 Å². The minimum Gasteiger partial charge on any atom is -0.495 e. The molecule has 1 N–H and O–H groups in total. The fourth-order valence-electron chi connectivity index (χ4n) is 2.22. The molecule has 0 fully saturated rings. The van der Waals surface area contributed by atoms with Gasteiger partial charge in [-0.05, 0) is 52.8 Å². The average Bonchev–Trinajstić information content (AvgIpc) is 2.41. The lowest BCUT2D eigenvalue weighted by Crippen LogP contribution is -2.19. The van der Waals surface area contributed by atoms with Gasteiger partial charge in [-0.2, -0.15) is 0 Å². The van der Waals surface area contributed by atoms with Crippen LogP contribution in [0.15, 0.2) is 39.3 Å². The third kappa shape index (κ3) is 3.74. The van der Waals surface area contributed by atoms with Crippen molar-refractivity contribution in [2.24, 2.45) is 0 Å². The third-order valence-electron chi connectivity index (χ3n) is 3.11. The lowest BCUT2D eigenvalue weighted by atomic mass is 9.98. The van der Waals surface area contributed by atoms with Crippen molar-refractivity contribution >= 4 is 55.1 Å². The zero-order chi connectivity index (χ0) is 15.6. The molecule has 2 aromatic carbocycles. The molecule has 1 unspecified atom stereocenters. The molecule has 0 aliphatic heterocycles. The highest BCUT2D eigenvalue weighted by Crippen LogP contribution is 2.40. The molecule has 0 heterocycles. The number of rotatable bonds is 4. The fourth-order valence-corrected chi connectivity index (χ4v) is 4.00. The Bertz CT molecular complexity index is 664. The van der Waals surface area contributed by atoms with Crippen LogP contribution in [0.4, 0.5) is 0 Å². The second-order valence-corrected chi connectivity index (χ2v) is 7.01. The highest BCUT2D eigenvalue weighted by Gasteiger charge is 2.21. The molecule has 0 aliphatic carbocycles. The molecule has 0 aliphatic rings. The molecule has 0 bridgehead atoms. The third-order valence-corrected chi connectivity index (χ3v) is 4.74. The maximum atomic E-state index is 6.37. The Morgan fingerprint density at radius 1 is 1.10 bits per heavy atom. The minimum absolute atomic E-state index is 0.129.